The molecular formula is C13H25NO3. The molecule has 4 nitrogen and oxygen atoms in total. The molecule has 1 saturated heterocycles. The fourth-order valence-corrected chi connectivity index (χ4v) is 2.49. The summed E-state index contributed by atoms with van der Waals surface area (Å²) in [6.45, 7) is 8.19. The lowest BCUT2D eigenvalue weighted by molar-refractivity contribution is -0.153. The lowest BCUT2D eigenvalue weighted by Crippen LogP contribution is -2.53. The number of ether oxygens (including phenoxy) is 2. The zero-order valence-corrected chi connectivity index (χ0v) is 11.5. The zero-order valence-electron chi connectivity index (χ0n) is 11.5. The smallest absolute Gasteiger partial charge is 0.323 e. The van der Waals surface area contributed by atoms with Gasteiger partial charge in [0.15, 0.2) is 0 Å². The van der Waals surface area contributed by atoms with Crippen LogP contribution in [0.1, 0.15) is 40.0 Å². The lowest BCUT2D eigenvalue weighted by atomic mass is 9.93. The lowest BCUT2D eigenvalue weighted by Gasteiger charge is -2.42. The fourth-order valence-electron chi connectivity index (χ4n) is 2.49. The predicted octanol–water partition coefficient (Wildman–Crippen LogP) is 1.83. The topological polar surface area (TPSA) is 38.8 Å². The minimum atomic E-state index is -0.127. The highest BCUT2D eigenvalue weighted by Gasteiger charge is 2.36. The summed E-state index contributed by atoms with van der Waals surface area (Å²) in [5.74, 6) is -0.102. The Kier molecular flexibility index (Phi) is 5.40. The SMILES string of the molecule is CCOC(=O)C(CC)N1CCCC(C)(OC)C1. The fraction of sp³-hybridized carbons (Fsp3) is 0.923. The van der Waals surface area contributed by atoms with E-state index in [0.717, 1.165) is 32.4 Å². The number of rotatable bonds is 5. The van der Waals surface area contributed by atoms with Crippen molar-refractivity contribution in [3.63, 3.8) is 0 Å². The number of hydrogen-bond acceptors (Lipinski definition) is 4. The van der Waals surface area contributed by atoms with Crippen LogP contribution >= 0.6 is 0 Å². The molecule has 100 valence electrons. The van der Waals surface area contributed by atoms with Crippen molar-refractivity contribution >= 4 is 5.97 Å². The van der Waals surface area contributed by atoms with Gasteiger partial charge >= 0.3 is 5.97 Å². The highest BCUT2D eigenvalue weighted by Crippen LogP contribution is 2.26. The standard InChI is InChI=1S/C13H25NO3/c1-5-11(12(15)17-6-2)14-9-7-8-13(3,10-14)16-4/h11H,5-10H2,1-4H3. The van der Waals surface area contributed by atoms with Gasteiger partial charge in [-0.3, -0.25) is 9.69 Å². The van der Waals surface area contributed by atoms with E-state index >= 15 is 0 Å². The van der Waals surface area contributed by atoms with E-state index in [-0.39, 0.29) is 17.6 Å². The average Bonchev–Trinajstić information content (AvgIpc) is 2.30. The molecule has 2 unspecified atom stereocenters. The van der Waals surface area contributed by atoms with Crippen LogP contribution in [0.25, 0.3) is 0 Å². The molecule has 0 saturated carbocycles. The van der Waals surface area contributed by atoms with Crippen LogP contribution < -0.4 is 0 Å². The minimum Gasteiger partial charge on any atom is -0.465 e. The molecule has 1 rings (SSSR count). The number of piperidine rings is 1. The molecule has 0 aliphatic carbocycles. The molecule has 1 aliphatic heterocycles. The minimum absolute atomic E-state index is 0.102. The number of nitrogens with zero attached hydrogens (tertiary/aromatic N) is 1. The van der Waals surface area contributed by atoms with E-state index in [9.17, 15) is 4.79 Å². The Bertz CT molecular complexity index is 257. The molecule has 0 radical (unpaired) electrons. The number of carbonyl (C=O) groups excluding carboxylic acids is 1. The second-order valence-electron chi connectivity index (χ2n) is 4.90. The molecule has 0 N–H and O–H groups in total. The van der Waals surface area contributed by atoms with E-state index in [1.54, 1.807) is 7.11 Å². The number of methoxy groups -OCH3 is 1. The van der Waals surface area contributed by atoms with Crippen LogP contribution in [0.15, 0.2) is 0 Å². The molecule has 17 heavy (non-hydrogen) atoms. The van der Waals surface area contributed by atoms with Gasteiger partial charge in [-0.2, -0.15) is 0 Å². The summed E-state index contributed by atoms with van der Waals surface area (Å²) >= 11 is 0. The number of carbonyl (C=O) groups is 1. The van der Waals surface area contributed by atoms with Gasteiger partial charge in [-0.05, 0) is 39.7 Å². The molecule has 2 atom stereocenters. The maximum Gasteiger partial charge on any atom is 0.323 e. The summed E-state index contributed by atoms with van der Waals surface area (Å²) in [4.78, 5) is 14.1. The van der Waals surface area contributed by atoms with Crippen LogP contribution in [0.3, 0.4) is 0 Å². The third-order valence-corrected chi connectivity index (χ3v) is 3.57. The number of esters is 1. The normalized spacial score (nSPS) is 27.8. The van der Waals surface area contributed by atoms with Gasteiger partial charge in [-0.1, -0.05) is 6.92 Å². The van der Waals surface area contributed by atoms with Crippen LogP contribution in [0.4, 0.5) is 0 Å². The van der Waals surface area contributed by atoms with Crippen molar-refractivity contribution in [3.05, 3.63) is 0 Å². The molecule has 0 amide bonds. The van der Waals surface area contributed by atoms with Crippen LogP contribution in [0, 0.1) is 0 Å². The first-order chi connectivity index (χ1) is 8.06. The molecule has 0 aromatic heterocycles. The van der Waals surface area contributed by atoms with E-state index in [0.29, 0.717) is 6.61 Å². The van der Waals surface area contributed by atoms with E-state index < -0.39 is 0 Å². The Labute approximate surface area is 104 Å². The molecule has 0 spiro atoms. The van der Waals surface area contributed by atoms with E-state index in [1.165, 1.54) is 0 Å². The first kappa shape index (κ1) is 14.5. The van der Waals surface area contributed by atoms with Crippen molar-refractivity contribution < 1.29 is 14.3 Å². The summed E-state index contributed by atoms with van der Waals surface area (Å²) in [5, 5.41) is 0. The Morgan fingerprint density at radius 1 is 1.47 bits per heavy atom. The largest absolute Gasteiger partial charge is 0.465 e. The molecule has 1 aliphatic rings. The Morgan fingerprint density at radius 3 is 2.71 bits per heavy atom. The number of likely N-dealkylation sites (tertiary alicyclic amines) is 1. The quantitative estimate of drug-likeness (QED) is 0.691. The van der Waals surface area contributed by atoms with E-state index in [2.05, 4.69) is 11.8 Å². The Hall–Kier alpha value is -0.610. The second-order valence-corrected chi connectivity index (χ2v) is 4.90. The van der Waals surface area contributed by atoms with Crippen molar-refractivity contribution in [2.45, 2.75) is 51.7 Å². The van der Waals surface area contributed by atoms with Crippen molar-refractivity contribution in [1.29, 1.82) is 0 Å². The van der Waals surface area contributed by atoms with Gasteiger partial charge in [-0.15, -0.1) is 0 Å². The zero-order chi connectivity index (χ0) is 12.9. The summed E-state index contributed by atoms with van der Waals surface area (Å²) in [5.41, 5.74) is -0.127. The van der Waals surface area contributed by atoms with Crippen molar-refractivity contribution in [2.24, 2.45) is 0 Å². The maximum absolute atomic E-state index is 11.9. The molecule has 0 bridgehead atoms. The first-order valence-corrected chi connectivity index (χ1v) is 6.52. The number of hydrogen-bond donors (Lipinski definition) is 0. The monoisotopic (exact) mass is 243 g/mol. The van der Waals surface area contributed by atoms with Crippen LogP contribution in [-0.4, -0.2) is 49.3 Å². The van der Waals surface area contributed by atoms with Crippen LogP contribution in [0.2, 0.25) is 0 Å². The summed E-state index contributed by atoms with van der Waals surface area (Å²) in [6.07, 6.45) is 2.91. The molecule has 0 aromatic carbocycles. The van der Waals surface area contributed by atoms with Gasteiger partial charge in [-0.25, -0.2) is 0 Å². The van der Waals surface area contributed by atoms with Crippen LogP contribution in [0.5, 0.6) is 0 Å². The highest BCUT2D eigenvalue weighted by atomic mass is 16.5. The van der Waals surface area contributed by atoms with Crippen molar-refractivity contribution in [3.8, 4) is 0 Å². The van der Waals surface area contributed by atoms with E-state index in [1.807, 2.05) is 13.8 Å². The van der Waals surface area contributed by atoms with Gasteiger partial charge in [0.05, 0.1) is 12.2 Å². The molecule has 4 heteroatoms. The van der Waals surface area contributed by atoms with Crippen molar-refractivity contribution in [2.75, 3.05) is 26.8 Å². The van der Waals surface area contributed by atoms with Crippen LogP contribution in [-0.2, 0) is 14.3 Å². The van der Waals surface area contributed by atoms with Gasteiger partial charge in [0.2, 0.25) is 0 Å². The van der Waals surface area contributed by atoms with Gasteiger partial charge in [0.1, 0.15) is 6.04 Å². The molecular weight excluding hydrogens is 218 g/mol. The molecule has 0 aromatic rings. The first-order valence-electron chi connectivity index (χ1n) is 6.52. The summed E-state index contributed by atoms with van der Waals surface area (Å²) < 4.78 is 10.7. The van der Waals surface area contributed by atoms with Gasteiger partial charge in [0.25, 0.3) is 0 Å². The molecule has 1 heterocycles. The third kappa shape index (κ3) is 3.68. The van der Waals surface area contributed by atoms with Gasteiger partial charge < -0.3 is 9.47 Å². The maximum atomic E-state index is 11.9. The van der Waals surface area contributed by atoms with E-state index in [4.69, 9.17) is 9.47 Å². The predicted molar refractivity (Wildman–Crippen MR) is 66.9 cm³/mol. The highest BCUT2D eigenvalue weighted by molar-refractivity contribution is 5.75. The Morgan fingerprint density at radius 2 is 2.18 bits per heavy atom. The summed E-state index contributed by atoms with van der Waals surface area (Å²) in [6, 6.07) is -0.121. The third-order valence-electron chi connectivity index (χ3n) is 3.57. The van der Waals surface area contributed by atoms with Crippen molar-refractivity contribution in [1.82, 2.24) is 4.90 Å². The Balaban J connectivity index is 2.65. The molecule has 1 fully saturated rings. The second kappa shape index (κ2) is 6.36. The average molecular weight is 243 g/mol. The summed E-state index contributed by atoms with van der Waals surface area (Å²) in [7, 11) is 1.74. The van der Waals surface area contributed by atoms with Gasteiger partial charge in [0, 0.05) is 13.7 Å².